The number of aromatic nitrogens is 8. The number of rotatable bonds is 5. The Morgan fingerprint density at radius 2 is 2.09 bits per heavy atom. The van der Waals surface area contributed by atoms with Crippen LogP contribution in [0.25, 0.3) is 22.9 Å². The molecule has 10 heteroatoms. The van der Waals surface area contributed by atoms with E-state index in [-0.39, 0.29) is 0 Å². The lowest BCUT2D eigenvalue weighted by Gasteiger charge is -1.94. The first-order valence-corrected chi connectivity index (χ1v) is 7.65. The molecular formula is C13H10N8OS. The fraction of sp³-hybridized carbons (Fsp3) is 0.0769. The summed E-state index contributed by atoms with van der Waals surface area (Å²) < 4.78 is 5.80. The number of thioether (sulfide) groups is 1. The smallest absolute Gasteiger partial charge is 0.209 e. The quantitative estimate of drug-likeness (QED) is 0.533. The van der Waals surface area contributed by atoms with E-state index < -0.39 is 0 Å². The van der Waals surface area contributed by atoms with Gasteiger partial charge in [-0.05, 0) is 24.3 Å². The lowest BCUT2D eigenvalue weighted by molar-refractivity contribution is 0.592. The Kier molecular flexibility index (Phi) is 3.56. The van der Waals surface area contributed by atoms with Gasteiger partial charge < -0.3 is 4.42 Å². The summed E-state index contributed by atoms with van der Waals surface area (Å²) in [7, 11) is 0. The van der Waals surface area contributed by atoms with Gasteiger partial charge in [-0.25, -0.2) is 0 Å². The summed E-state index contributed by atoms with van der Waals surface area (Å²) in [4.78, 5) is 8.46. The zero-order chi connectivity index (χ0) is 15.5. The van der Waals surface area contributed by atoms with E-state index in [1.165, 1.54) is 11.8 Å². The Morgan fingerprint density at radius 1 is 1.13 bits per heavy atom. The third-order valence-corrected chi connectivity index (χ3v) is 3.81. The molecule has 0 saturated heterocycles. The van der Waals surface area contributed by atoms with E-state index in [0.717, 1.165) is 11.3 Å². The molecular weight excluding hydrogens is 316 g/mol. The second-order valence-corrected chi connectivity index (χ2v) is 5.43. The largest absolute Gasteiger partial charge is 0.453 e. The molecule has 0 aliphatic heterocycles. The highest BCUT2D eigenvalue weighted by atomic mass is 32.2. The molecule has 0 radical (unpaired) electrons. The number of H-pyrrole nitrogens is 2. The van der Waals surface area contributed by atoms with Gasteiger partial charge in [0.1, 0.15) is 5.76 Å². The van der Waals surface area contributed by atoms with Crippen LogP contribution in [0.2, 0.25) is 0 Å². The fourth-order valence-corrected chi connectivity index (χ4v) is 2.57. The van der Waals surface area contributed by atoms with E-state index in [9.17, 15) is 0 Å². The van der Waals surface area contributed by atoms with E-state index >= 15 is 0 Å². The van der Waals surface area contributed by atoms with E-state index in [2.05, 4.69) is 40.8 Å². The van der Waals surface area contributed by atoms with Gasteiger partial charge in [-0.15, -0.1) is 15.3 Å². The third-order valence-electron chi connectivity index (χ3n) is 2.97. The lowest BCUT2D eigenvalue weighted by atomic mass is 10.2. The second-order valence-electron chi connectivity index (χ2n) is 4.49. The molecule has 0 aliphatic carbocycles. The molecule has 0 unspecified atom stereocenters. The second kappa shape index (κ2) is 6.01. The summed E-state index contributed by atoms with van der Waals surface area (Å²) in [5.41, 5.74) is 0.907. The number of furan rings is 1. The minimum Gasteiger partial charge on any atom is -0.453 e. The summed E-state index contributed by atoms with van der Waals surface area (Å²) in [6, 6.07) is 7.51. The van der Waals surface area contributed by atoms with Crippen molar-refractivity contribution in [2.24, 2.45) is 0 Å². The van der Waals surface area contributed by atoms with Gasteiger partial charge in [-0.1, -0.05) is 17.0 Å². The number of tetrazole rings is 1. The average molecular weight is 326 g/mol. The lowest BCUT2D eigenvalue weighted by Crippen LogP contribution is -1.85. The molecule has 114 valence electrons. The zero-order valence-corrected chi connectivity index (χ0v) is 12.5. The molecule has 0 atom stereocenters. The van der Waals surface area contributed by atoms with Crippen molar-refractivity contribution in [1.82, 2.24) is 40.8 Å². The normalized spacial score (nSPS) is 11.0. The Bertz CT molecular complexity index is 886. The van der Waals surface area contributed by atoms with Crippen LogP contribution in [0.15, 0.2) is 46.2 Å². The fourth-order valence-electron chi connectivity index (χ4n) is 1.92. The van der Waals surface area contributed by atoms with Gasteiger partial charge >= 0.3 is 0 Å². The Hall–Kier alpha value is -3.01. The number of nitrogens with one attached hydrogen (secondary N) is 2. The van der Waals surface area contributed by atoms with E-state index in [1.54, 1.807) is 12.4 Å². The highest BCUT2D eigenvalue weighted by Gasteiger charge is 2.12. The summed E-state index contributed by atoms with van der Waals surface area (Å²) >= 11 is 1.41. The van der Waals surface area contributed by atoms with Gasteiger partial charge in [-0.2, -0.15) is 10.2 Å². The average Bonchev–Trinajstić information content (AvgIpc) is 3.34. The first kappa shape index (κ1) is 13.6. The van der Waals surface area contributed by atoms with Crippen molar-refractivity contribution in [3.8, 4) is 22.9 Å². The predicted octanol–water partition coefficient (Wildman–Crippen LogP) is 1.93. The molecule has 0 bridgehead atoms. The van der Waals surface area contributed by atoms with Crippen LogP contribution in [0.4, 0.5) is 0 Å². The van der Waals surface area contributed by atoms with E-state index in [1.807, 2.05) is 24.3 Å². The maximum atomic E-state index is 5.80. The van der Waals surface area contributed by atoms with Crippen molar-refractivity contribution in [1.29, 1.82) is 0 Å². The molecule has 23 heavy (non-hydrogen) atoms. The first-order valence-electron chi connectivity index (χ1n) is 6.66. The number of pyridine rings is 1. The number of hydrogen-bond donors (Lipinski definition) is 2. The van der Waals surface area contributed by atoms with Gasteiger partial charge in [0.15, 0.2) is 17.4 Å². The summed E-state index contributed by atoms with van der Waals surface area (Å²) in [5.74, 6) is 3.04. The maximum Gasteiger partial charge on any atom is 0.209 e. The van der Waals surface area contributed by atoms with Gasteiger partial charge in [0.2, 0.25) is 5.16 Å². The van der Waals surface area contributed by atoms with Crippen molar-refractivity contribution in [2.75, 3.05) is 0 Å². The van der Waals surface area contributed by atoms with Gasteiger partial charge in [0.05, 0.1) is 5.75 Å². The molecule has 0 aromatic carbocycles. The number of hydrogen-bond acceptors (Lipinski definition) is 8. The van der Waals surface area contributed by atoms with Crippen molar-refractivity contribution >= 4 is 11.8 Å². The minimum atomic E-state index is 0.535. The zero-order valence-electron chi connectivity index (χ0n) is 11.7. The van der Waals surface area contributed by atoms with Crippen LogP contribution in [0.1, 0.15) is 5.82 Å². The molecule has 4 heterocycles. The van der Waals surface area contributed by atoms with Crippen molar-refractivity contribution < 1.29 is 4.42 Å². The molecule has 2 N–H and O–H groups in total. The minimum absolute atomic E-state index is 0.535. The molecule has 9 nitrogen and oxygen atoms in total. The molecule has 0 spiro atoms. The highest BCUT2D eigenvalue weighted by molar-refractivity contribution is 7.98. The molecule has 0 amide bonds. The summed E-state index contributed by atoms with van der Waals surface area (Å²) in [5, 5.41) is 21.2. The number of aromatic amines is 2. The Morgan fingerprint density at radius 3 is 2.91 bits per heavy atom. The summed E-state index contributed by atoms with van der Waals surface area (Å²) in [6.07, 6.45) is 3.46. The van der Waals surface area contributed by atoms with E-state index in [0.29, 0.717) is 28.3 Å². The van der Waals surface area contributed by atoms with Gasteiger partial charge in [0, 0.05) is 18.0 Å². The van der Waals surface area contributed by atoms with Gasteiger partial charge in [0.25, 0.3) is 0 Å². The van der Waals surface area contributed by atoms with Crippen LogP contribution < -0.4 is 0 Å². The predicted molar refractivity (Wildman–Crippen MR) is 81.1 cm³/mol. The molecule has 4 rings (SSSR count). The molecule has 0 aliphatic rings. The Labute approximate surface area is 133 Å². The van der Waals surface area contributed by atoms with Gasteiger partial charge in [-0.3, -0.25) is 10.1 Å². The molecule has 4 aromatic rings. The van der Waals surface area contributed by atoms with Crippen LogP contribution in [-0.2, 0) is 5.75 Å². The van der Waals surface area contributed by atoms with Crippen molar-refractivity contribution in [3.63, 3.8) is 0 Å². The topological polar surface area (TPSA) is 122 Å². The molecule has 4 aromatic heterocycles. The van der Waals surface area contributed by atoms with Crippen molar-refractivity contribution in [2.45, 2.75) is 10.9 Å². The van der Waals surface area contributed by atoms with Crippen LogP contribution in [0.5, 0.6) is 0 Å². The summed E-state index contributed by atoms with van der Waals surface area (Å²) in [6.45, 7) is 0. The van der Waals surface area contributed by atoms with E-state index in [4.69, 9.17) is 4.42 Å². The monoisotopic (exact) mass is 326 g/mol. The first-order chi connectivity index (χ1) is 11.4. The molecule has 0 saturated carbocycles. The van der Waals surface area contributed by atoms with Crippen LogP contribution in [0, 0.1) is 0 Å². The number of nitrogens with zero attached hydrogens (tertiary/aromatic N) is 6. The van der Waals surface area contributed by atoms with Crippen LogP contribution in [0.3, 0.4) is 0 Å². The standard InChI is InChI=1S/C13H10N8OS/c1-2-8(6-14-5-1)9-3-4-10(22-9)12-15-13(19-18-12)23-7-11-16-20-21-17-11/h1-6H,7H2,(H,15,18,19)(H,16,17,20,21). The van der Waals surface area contributed by atoms with Crippen molar-refractivity contribution in [3.05, 3.63) is 42.5 Å². The third kappa shape index (κ3) is 2.97. The SMILES string of the molecule is c1cncc(-c2ccc(-c3nc(SCc4nn[nH]n4)n[nH]3)o2)c1. The molecule has 0 fully saturated rings. The highest BCUT2D eigenvalue weighted by Crippen LogP contribution is 2.27. The van der Waals surface area contributed by atoms with Crippen LogP contribution >= 0.6 is 11.8 Å². The maximum absolute atomic E-state index is 5.80. The Balaban J connectivity index is 1.49. The van der Waals surface area contributed by atoms with Crippen LogP contribution in [-0.4, -0.2) is 40.8 Å².